The summed E-state index contributed by atoms with van der Waals surface area (Å²) in [6.45, 7) is -0.492. The Hall–Kier alpha value is -3.71. The van der Waals surface area contributed by atoms with Gasteiger partial charge in [-0.1, -0.05) is 30.3 Å². The number of nitrogens with zero attached hydrogens (tertiary/aromatic N) is 1. The Morgan fingerprint density at radius 2 is 1.76 bits per heavy atom. The minimum Gasteiger partial charge on any atom is -0.481 e. The second-order valence-electron chi connectivity index (χ2n) is 6.20. The molecule has 4 aromatic rings. The number of thiazole rings is 1. The maximum Gasteiger partial charge on any atom is 0.341 e. The molecule has 29 heavy (non-hydrogen) atoms. The van der Waals surface area contributed by atoms with Crippen LogP contribution in [0.3, 0.4) is 0 Å². The van der Waals surface area contributed by atoms with Gasteiger partial charge in [0.05, 0.1) is 15.8 Å². The first-order chi connectivity index (χ1) is 14.1. The summed E-state index contributed by atoms with van der Waals surface area (Å²) in [5.74, 6) is -1.00. The van der Waals surface area contributed by atoms with Crippen molar-refractivity contribution in [3.05, 3.63) is 78.4 Å². The molecule has 6 nitrogen and oxygen atoms in total. The Morgan fingerprint density at radius 3 is 2.52 bits per heavy atom. The summed E-state index contributed by atoms with van der Waals surface area (Å²) in [5, 5.41) is 12.5. The van der Waals surface area contributed by atoms with E-state index in [2.05, 4.69) is 10.3 Å². The zero-order valence-electron chi connectivity index (χ0n) is 15.2. The summed E-state index contributed by atoms with van der Waals surface area (Å²) < 4.78 is 6.51. The highest BCUT2D eigenvalue weighted by atomic mass is 32.1. The van der Waals surface area contributed by atoms with Crippen molar-refractivity contribution in [2.75, 3.05) is 11.9 Å². The van der Waals surface area contributed by atoms with Crippen LogP contribution in [0.2, 0.25) is 0 Å². The first-order valence-corrected chi connectivity index (χ1v) is 9.63. The third-order valence-electron chi connectivity index (χ3n) is 4.15. The van der Waals surface area contributed by atoms with Gasteiger partial charge < -0.3 is 15.2 Å². The Balaban J connectivity index is 1.67. The second kappa shape index (κ2) is 8.12. The third kappa shape index (κ3) is 4.25. The SMILES string of the molecule is O=C(O)COc1cc(NC(=O)c2ccccc2)ccc1-c1nc2ccccc2s1. The monoisotopic (exact) mass is 404 g/mol. The quantitative estimate of drug-likeness (QED) is 0.487. The maximum absolute atomic E-state index is 12.4. The molecule has 1 heterocycles. The molecular formula is C22H16N2O4S. The molecule has 0 saturated carbocycles. The number of para-hydroxylation sites is 1. The van der Waals surface area contributed by atoms with Crippen molar-refractivity contribution in [1.29, 1.82) is 0 Å². The highest BCUT2D eigenvalue weighted by Gasteiger charge is 2.15. The molecule has 1 aromatic heterocycles. The number of aromatic nitrogens is 1. The maximum atomic E-state index is 12.4. The van der Waals surface area contributed by atoms with Crippen LogP contribution >= 0.6 is 11.3 Å². The highest BCUT2D eigenvalue weighted by molar-refractivity contribution is 7.21. The standard InChI is InChI=1S/C22H16N2O4S/c25-20(26)13-28-18-12-15(23-21(27)14-6-2-1-3-7-14)10-11-16(18)22-24-17-8-4-5-9-19(17)29-22/h1-12H,13H2,(H,23,27)(H,25,26). The molecule has 2 N–H and O–H groups in total. The van der Waals surface area contributed by atoms with Gasteiger partial charge in [0, 0.05) is 17.3 Å². The van der Waals surface area contributed by atoms with Crippen LogP contribution in [0.25, 0.3) is 20.8 Å². The van der Waals surface area contributed by atoms with E-state index >= 15 is 0 Å². The van der Waals surface area contributed by atoms with E-state index in [0.29, 0.717) is 27.6 Å². The van der Waals surface area contributed by atoms with Gasteiger partial charge in [-0.05, 0) is 36.4 Å². The van der Waals surface area contributed by atoms with E-state index in [9.17, 15) is 9.59 Å². The average molecular weight is 404 g/mol. The first kappa shape index (κ1) is 18.6. The molecule has 0 unspecified atom stereocenters. The molecule has 0 aliphatic rings. The first-order valence-electron chi connectivity index (χ1n) is 8.81. The van der Waals surface area contributed by atoms with Gasteiger partial charge in [-0.3, -0.25) is 4.79 Å². The minimum atomic E-state index is -1.08. The van der Waals surface area contributed by atoms with Gasteiger partial charge in [0.1, 0.15) is 10.8 Å². The van der Waals surface area contributed by atoms with Crippen LogP contribution in [0, 0.1) is 0 Å². The molecular weight excluding hydrogens is 388 g/mol. The van der Waals surface area contributed by atoms with Crippen LogP contribution in [0.1, 0.15) is 10.4 Å². The van der Waals surface area contributed by atoms with Crippen molar-refractivity contribution in [3.8, 4) is 16.3 Å². The Morgan fingerprint density at radius 1 is 1.00 bits per heavy atom. The number of benzene rings is 3. The number of fused-ring (bicyclic) bond motifs is 1. The summed E-state index contributed by atoms with van der Waals surface area (Å²) >= 11 is 1.49. The molecule has 144 valence electrons. The molecule has 0 spiro atoms. The summed E-state index contributed by atoms with van der Waals surface area (Å²) in [5.41, 5.74) is 2.56. The van der Waals surface area contributed by atoms with E-state index in [0.717, 1.165) is 10.2 Å². The smallest absolute Gasteiger partial charge is 0.341 e. The van der Waals surface area contributed by atoms with E-state index in [1.54, 1.807) is 42.5 Å². The number of aliphatic carboxylic acids is 1. The normalized spacial score (nSPS) is 10.6. The molecule has 7 heteroatoms. The number of anilines is 1. The van der Waals surface area contributed by atoms with E-state index < -0.39 is 12.6 Å². The van der Waals surface area contributed by atoms with Crippen LogP contribution in [0.15, 0.2) is 72.8 Å². The predicted molar refractivity (Wildman–Crippen MR) is 113 cm³/mol. The lowest BCUT2D eigenvalue weighted by atomic mass is 10.1. The van der Waals surface area contributed by atoms with Gasteiger partial charge in [0.2, 0.25) is 0 Å². The van der Waals surface area contributed by atoms with Crippen LogP contribution < -0.4 is 10.1 Å². The fourth-order valence-electron chi connectivity index (χ4n) is 2.82. The summed E-state index contributed by atoms with van der Waals surface area (Å²) in [7, 11) is 0. The number of carbonyl (C=O) groups excluding carboxylic acids is 1. The summed E-state index contributed by atoms with van der Waals surface area (Å²) in [6.07, 6.45) is 0. The lowest BCUT2D eigenvalue weighted by Gasteiger charge is -2.12. The zero-order valence-corrected chi connectivity index (χ0v) is 16.0. The van der Waals surface area contributed by atoms with Crippen LogP contribution in [0.4, 0.5) is 5.69 Å². The summed E-state index contributed by atoms with van der Waals surface area (Å²) in [6, 6.07) is 21.7. The van der Waals surface area contributed by atoms with E-state index in [1.165, 1.54) is 11.3 Å². The molecule has 0 aliphatic heterocycles. The van der Waals surface area contributed by atoms with Crippen LogP contribution in [0.5, 0.6) is 5.75 Å². The lowest BCUT2D eigenvalue weighted by molar-refractivity contribution is -0.139. The number of carboxylic acid groups (broad SMARTS) is 1. The molecule has 0 fully saturated rings. The van der Waals surface area contributed by atoms with Gasteiger partial charge in [0.25, 0.3) is 5.91 Å². The highest BCUT2D eigenvalue weighted by Crippen LogP contribution is 2.37. The molecule has 0 atom stereocenters. The van der Waals surface area contributed by atoms with Gasteiger partial charge >= 0.3 is 5.97 Å². The van der Waals surface area contributed by atoms with E-state index in [4.69, 9.17) is 9.84 Å². The van der Waals surface area contributed by atoms with Crippen LogP contribution in [-0.4, -0.2) is 28.6 Å². The molecule has 0 bridgehead atoms. The van der Waals surface area contributed by atoms with Crippen LogP contribution in [-0.2, 0) is 4.79 Å². The number of nitrogens with one attached hydrogen (secondary N) is 1. The Bertz CT molecular complexity index is 1150. The third-order valence-corrected chi connectivity index (χ3v) is 5.22. The van der Waals surface area contributed by atoms with Gasteiger partial charge in [0.15, 0.2) is 6.61 Å². The van der Waals surface area contributed by atoms with Crippen molar-refractivity contribution < 1.29 is 19.4 Å². The molecule has 3 aromatic carbocycles. The van der Waals surface area contributed by atoms with Gasteiger partial charge in [-0.2, -0.15) is 0 Å². The minimum absolute atomic E-state index is 0.262. The van der Waals surface area contributed by atoms with Gasteiger partial charge in [-0.15, -0.1) is 11.3 Å². The fraction of sp³-hybridized carbons (Fsp3) is 0.0455. The number of amides is 1. The van der Waals surface area contributed by atoms with Crippen molar-refractivity contribution in [2.45, 2.75) is 0 Å². The molecule has 0 saturated heterocycles. The van der Waals surface area contributed by atoms with Crippen molar-refractivity contribution in [3.63, 3.8) is 0 Å². The lowest BCUT2D eigenvalue weighted by Crippen LogP contribution is -2.13. The van der Waals surface area contributed by atoms with Crippen molar-refractivity contribution in [1.82, 2.24) is 4.98 Å². The largest absolute Gasteiger partial charge is 0.481 e. The number of carbonyl (C=O) groups is 2. The zero-order chi connectivity index (χ0) is 20.2. The van der Waals surface area contributed by atoms with Crippen molar-refractivity contribution >= 4 is 39.1 Å². The molecule has 1 amide bonds. The summed E-state index contributed by atoms with van der Waals surface area (Å²) in [4.78, 5) is 28.0. The molecule has 0 aliphatic carbocycles. The second-order valence-corrected chi connectivity index (χ2v) is 7.23. The van der Waals surface area contributed by atoms with Gasteiger partial charge in [-0.25, -0.2) is 9.78 Å². The molecule has 0 radical (unpaired) electrons. The van der Waals surface area contributed by atoms with E-state index in [1.807, 2.05) is 30.3 Å². The Labute approximate surface area is 170 Å². The number of rotatable bonds is 6. The van der Waals surface area contributed by atoms with E-state index in [-0.39, 0.29) is 5.91 Å². The molecule has 4 rings (SSSR count). The Kier molecular flexibility index (Phi) is 5.22. The topological polar surface area (TPSA) is 88.5 Å². The predicted octanol–water partition coefficient (Wildman–Crippen LogP) is 4.68. The fourth-order valence-corrected chi connectivity index (χ4v) is 3.81. The van der Waals surface area contributed by atoms with Crippen molar-refractivity contribution in [2.24, 2.45) is 0 Å². The number of ether oxygens (including phenoxy) is 1. The number of hydrogen-bond acceptors (Lipinski definition) is 5. The number of hydrogen-bond donors (Lipinski definition) is 2. The average Bonchev–Trinajstić information content (AvgIpc) is 3.17. The number of carboxylic acids is 1.